The third-order valence-corrected chi connectivity index (χ3v) is 2.45. The number of amides is 1. The molecule has 0 unspecified atom stereocenters. The number of nitrogens with one attached hydrogen (secondary N) is 1. The molecule has 0 saturated heterocycles. The van der Waals surface area contributed by atoms with Crippen molar-refractivity contribution < 1.29 is 10.0 Å². The van der Waals surface area contributed by atoms with Crippen molar-refractivity contribution in [1.82, 2.24) is 5.32 Å². The fourth-order valence-electron chi connectivity index (χ4n) is 1.53. The second-order valence-corrected chi connectivity index (χ2v) is 3.67. The quantitative estimate of drug-likeness (QED) is 0.308. The van der Waals surface area contributed by atoms with E-state index in [2.05, 4.69) is 17.4 Å². The number of carbonyl (C=O) groups excluding carboxylic acids is 1. The monoisotopic (exact) mass is 235 g/mol. The lowest BCUT2D eigenvalue weighted by Crippen LogP contribution is -2.28. The van der Waals surface area contributed by atoms with Crippen LogP contribution in [0.15, 0.2) is 29.4 Å². The van der Waals surface area contributed by atoms with Gasteiger partial charge in [0.15, 0.2) is 0 Å². The SMILES string of the molecule is CCc1ccccc1CNC(=O)CC(N)=NO. The Morgan fingerprint density at radius 2 is 2.06 bits per heavy atom. The second-order valence-electron chi connectivity index (χ2n) is 3.67. The number of hydrogen-bond donors (Lipinski definition) is 3. The van der Waals surface area contributed by atoms with Gasteiger partial charge in [-0.1, -0.05) is 36.3 Å². The number of nitrogens with two attached hydrogens (primary N) is 1. The molecule has 0 aromatic heterocycles. The van der Waals surface area contributed by atoms with Crippen molar-refractivity contribution in [2.45, 2.75) is 26.3 Å². The smallest absolute Gasteiger partial charge is 0.227 e. The van der Waals surface area contributed by atoms with Gasteiger partial charge in [-0.3, -0.25) is 4.79 Å². The first-order valence-electron chi connectivity index (χ1n) is 5.47. The molecule has 0 aliphatic carbocycles. The van der Waals surface area contributed by atoms with Gasteiger partial charge in [-0.25, -0.2) is 0 Å². The topological polar surface area (TPSA) is 87.7 Å². The third-order valence-electron chi connectivity index (χ3n) is 2.45. The van der Waals surface area contributed by atoms with Crippen LogP contribution in [0.25, 0.3) is 0 Å². The van der Waals surface area contributed by atoms with Gasteiger partial charge in [0.1, 0.15) is 5.84 Å². The molecule has 0 radical (unpaired) electrons. The molecule has 4 N–H and O–H groups in total. The highest BCUT2D eigenvalue weighted by atomic mass is 16.4. The fourth-order valence-corrected chi connectivity index (χ4v) is 1.53. The molecule has 0 aliphatic heterocycles. The molecule has 92 valence electrons. The molecule has 0 heterocycles. The summed E-state index contributed by atoms with van der Waals surface area (Å²) in [5.74, 6) is -0.350. The van der Waals surface area contributed by atoms with Crippen LogP contribution >= 0.6 is 0 Å². The average Bonchev–Trinajstić information content (AvgIpc) is 2.36. The normalized spacial score (nSPS) is 11.2. The highest BCUT2D eigenvalue weighted by Gasteiger charge is 2.05. The molecule has 1 amide bonds. The minimum atomic E-state index is -0.258. The molecule has 0 spiro atoms. The van der Waals surface area contributed by atoms with Crippen molar-refractivity contribution in [3.8, 4) is 0 Å². The molecule has 0 saturated carbocycles. The van der Waals surface area contributed by atoms with Gasteiger partial charge in [-0.2, -0.15) is 0 Å². The van der Waals surface area contributed by atoms with E-state index in [4.69, 9.17) is 10.9 Å². The number of nitrogens with zero attached hydrogens (tertiary/aromatic N) is 1. The Labute approximate surface area is 100 Å². The van der Waals surface area contributed by atoms with E-state index in [1.807, 2.05) is 24.3 Å². The van der Waals surface area contributed by atoms with E-state index < -0.39 is 0 Å². The van der Waals surface area contributed by atoms with Gasteiger partial charge in [0.2, 0.25) is 5.91 Å². The highest BCUT2D eigenvalue weighted by Crippen LogP contribution is 2.08. The largest absolute Gasteiger partial charge is 0.409 e. The first-order chi connectivity index (χ1) is 8.17. The Hall–Kier alpha value is -2.04. The zero-order valence-electron chi connectivity index (χ0n) is 9.81. The molecule has 0 fully saturated rings. The van der Waals surface area contributed by atoms with Crippen molar-refractivity contribution >= 4 is 11.7 Å². The predicted octanol–water partition coefficient (Wildman–Crippen LogP) is 1.00. The predicted molar refractivity (Wildman–Crippen MR) is 65.7 cm³/mol. The average molecular weight is 235 g/mol. The van der Waals surface area contributed by atoms with Crippen LogP contribution in [0.3, 0.4) is 0 Å². The van der Waals surface area contributed by atoms with Crippen molar-refractivity contribution in [3.05, 3.63) is 35.4 Å². The van der Waals surface area contributed by atoms with Crippen LogP contribution in [-0.4, -0.2) is 17.0 Å². The zero-order valence-corrected chi connectivity index (χ0v) is 9.81. The van der Waals surface area contributed by atoms with Crippen LogP contribution in [0.4, 0.5) is 0 Å². The van der Waals surface area contributed by atoms with Crippen molar-refractivity contribution in [1.29, 1.82) is 0 Å². The molecular weight excluding hydrogens is 218 g/mol. The summed E-state index contributed by atoms with van der Waals surface area (Å²) >= 11 is 0. The summed E-state index contributed by atoms with van der Waals surface area (Å²) < 4.78 is 0. The summed E-state index contributed by atoms with van der Waals surface area (Å²) in [5, 5.41) is 13.8. The molecule has 0 aliphatic rings. The summed E-state index contributed by atoms with van der Waals surface area (Å²) in [4.78, 5) is 11.4. The molecule has 0 bridgehead atoms. The van der Waals surface area contributed by atoms with E-state index in [0.29, 0.717) is 6.54 Å². The van der Waals surface area contributed by atoms with Gasteiger partial charge in [0.25, 0.3) is 0 Å². The van der Waals surface area contributed by atoms with Crippen molar-refractivity contribution in [3.63, 3.8) is 0 Å². The molecule has 5 nitrogen and oxygen atoms in total. The van der Waals surface area contributed by atoms with Crippen LogP contribution in [0.2, 0.25) is 0 Å². The third kappa shape index (κ3) is 4.14. The van der Waals surface area contributed by atoms with Gasteiger partial charge >= 0.3 is 0 Å². The van der Waals surface area contributed by atoms with E-state index >= 15 is 0 Å². The Bertz CT molecular complexity index is 416. The number of aryl methyl sites for hydroxylation is 1. The highest BCUT2D eigenvalue weighted by molar-refractivity contribution is 5.98. The number of oxime groups is 1. The molecule has 5 heteroatoms. The minimum absolute atomic E-state index is 0.0914. The summed E-state index contributed by atoms with van der Waals surface area (Å²) in [6.45, 7) is 2.53. The maximum atomic E-state index is 11.4. The van der Waals surface area contributed by atoms with Crippen LogP contribution in [-0.2, 0) is 17.8 Å². The van der Waals surface area contributed by atoms with Gasteiger partial charge in [0, 0.05) is 6.54 Å². The maximum Gasteiger partial charge on any atom is 0.227 e. The lowest BCUT2D eigenvalue weighted by atomic mass is 10.1. The number of benzene rings is 1. The second kappa shape index (κ2) is 6.52. The standard InChI is InChI=1S/C12H17N3O2/c1-2-9-5-3-4-6-10(9)8-14-12(16)7-11(13)15-17/h3-6,17H,2,7-8H2,1H3,(H2,13,15)(H,14,16). The van der Waals surface area contributed by atoms with Crippen LogP contribution in [0.5, 0.6) is 0 Å². The van der Waals surface area contributed by atoms with E-state index in [1.54, 1.807) is 0 Å². The molecule has 17 heavy (non-hydrogen) atoms. The van der Waals surface area contributed by atoms with Gasteiger partial charge in [0.05, 0.1) is 6.42 Å². The van der Waals surface area contributed by atoms with Crippen molar-refractivity contribution in [2.24, 2.45) is 10.9 Å². The molecule has 0 atom stereocenters. The number of rotatable bonds is 5. The van der Waals surface area contributed by atoms with Crippen LogP contribution in [0.1, 0.15) is 24.5 Å². The summed E-state index contributed by atoms with van der Waals surface area (Å²) in [7, 11) is 0. The maximum absolute atomic E-state index is 11.4. The lowest BCUT2D eigenvalue weighted by molar-refractivity contribution is -0.120. The van der Waals surface area contributed by atoms with E-state index in [0.717, 1.165) is 12.0 Å². The first-order valence-corrected chi connectivity index (χ1v) is 5.47. The summed E-state index contributed by atoms with van der Waals surface area (Å²) in [5.41, 5.74) is 7.53. The molecule has 1 rings (SSSR count). The van der Waals surface area contributed by atoms with Gasteiger partial charge in [-0.05, 0) is 17.5 Å². The Balaban J connectivity index is 2.53. The summed E-state index contributed by atoms with van der Waals surface area (Å²) in [6.07, 6.45) is 0.830. The van der Waals surface area contributed by atoms with Gasteiger partial charge < -0.3 is 16.3 Å². The number of amidine groups is 1. The van der Waals surface area contributed by atoms with E-state index in [-0.39, 0.29) is 18.2 Å². The minimum Gasteiger partial charge on any atom is -0.409 e. The van der Waals surface area contributed by atoms with Gasteiger partial charge in [-0.15, -0.1) is 0 Å². The Morgan fingerprint density at radius 3 is 2.65 bits per heavy atom. The molecular formula is C12H17N3O2. The molecule has 1 aromatic carbocycles. The fraction of sp³-hybridized carbons (Fsp3) is 0.333. The number of carbonyl (C=O) groups is 1. The van der Waals surface area contributed by atoms with Crippen LogP contribution in [0, 0.1) is 0 Å². The van der Waals surface area contributed by atoms with Crippen molar-refractivity contribution in [2.75, 3.05) is 0 Å². The van der Waals surface area contributed by atoms with Crippen LogP contribution < -0.4 is 11.1 Å². The lowest BCUT2D eigenvalue weighted by Gasteiger charge is -2.08. The zero-order chi connectivity index (χ0) is 12.7. The first kappa shape index (κ1) is 13.0. The van der Waals surface area contributed by atoms with E-state index in [1.165, 1.54) is 5.56 Å². The van der Waals surface area contributed by atoms with E-state index in [9.17, 15) is 4.79 Å². The number of hydrogen-bond acceptors (Lipinski definition) is 3. The summed E-state index contributed by atoms with van der Waals surface area (Å²) in [6, 6.07) is 7.92. The molecule has 1 aromatic rings. The Kier molecular flexibility index (Phi) is 5.00. The Morgan fingerprint density at radius 1 is 1.41 bits per heavy atom.